The minimum atomic E-state index is 0.279. The Kier molecular flexibility index (Phi) is 6.09. The quantitative estimate of drug-likeness (QED) is 0.448. The number of hydrogen-bond donors (Lipinski definition) is 3. The number of nitriles is 1. The van der Waals surface area contributed by atoms with Crippen LogP contribution in [0.15, 0.2) is 60.7 Å². The van der Waals surface area contributed by atoms with Crippen molar-refractivity contribution in [1.82, 2.24) is 0 Å². The van der Waals surface area contributed by atoms with Gasteiger partial charge in [0.1, 0.15) is 6.07 Å². The molecule has 0 spiro atoms. The third kappa shape index (κ3) is 4.89. The molecule has 4 N–H and O–H groups in total. The lowest BCUT2D eigenvalue weighted by molar-refractivity contribution is 0.899. The van der Waals surface area contributed by atoms with Gasteiger partial charge in [-0.3, -0.25) is 0 Å². The molecule has 0 unspecified atom stereocenters. The molecule has 0 heterocycles. The van der Waals surface area contributed by atoms with Gasteiger partial charge in [-0.05, 0) is 74.2 Å². The fourth-order valence-electron chi connectivity index (χ4n) is 3.29. The molecule has 0 aromatic heterocycles. The third-order valence-corrected chi connectivity index (χ3v) is 4.63. The minimum absolute atomic E-state index is 0.279. The molecule has 0 fully saturated rings. The van der Waals surface area contributed by atoms with Crippen LogP contribution in [0.2, 0.25) is 0 Å². The summed E-state index contributed by atoms with van der Waals surface area (Å²) in [5, 5.41) is 16.2. The van der Waals surface area contributed by atoms with Crippen molar-refractivity contribution in [3.05, 3.63) is 66.2 Å². The Morgan fingerprint density at radius 3 is 1.62 bits per heavy atom. The number of benzene rings is 3. The molecule has 29 heavy (non-hydrogen) atoms. The Morgan fingerprint density at radius 1 is 0.690 bits per heavy atom. The Labute approximate surface area is 173 Å². The zero-order valence-corrected chi connectivity index (χ0v) is 17.5. The number of anilines is 3. The van der Waals surface area contributed by atoms with Crippen molar-refractivity contribution in [2.24, 2.45) is 0 Å². The summed E-state index contributed by atoms with van der Waals surface area (Å²) in [6, 6.07) is 23.3. The summed E-state index contributed by atoms with van der Waals surface area (Å²) in [5.41, 5.74) is 13.7. The van der Waals surface area contributed by atoms with Crippen molar-refractivity contribution in [3.8, 4) is 28.3 Å². The summed E-state index contributed by atoms with van der Waals surface area (Å²) in [6.45, 7) is 8.31. The van der Waals surface area contributed by atoms with E-state index in [0.29, 0.717) is 11.6 Å². The molecular weight excluding hydrogens is 356 g/mol. The number of nitrogens with two attached hydrogens (primary N) is 1. The summed E-state index contributed by atoms with van der Waals surface area (Å²) in [4.78, 5) is 0. The lowest BCUT2D eigenvalue weighted by Gasteiger charge is -2.14. The molecule has 0 amide bonds. The standard InChI is InChI=1S/C25H28N4/c1-16(2)28-24-11-9-20(13-22(24)15-26)18-5-7-19(8-6-18)21-10-12-25(23(27)14-21)29-17(3)4/h5-14,16-17,28-29H,27H2,1-4H3. The predicted molar refractivity (Wildman–Crippen MR) is 124 cm³/mol. The molecule has 4 heteroatoms. The van der Waals surface area contributed by atoms with Gasteiger partial charge in [0.15, 0.2) is 0 Å². The highest BCUT2D eigenvalue weighted by Crippen LogP contribution is 2.30. The first kappa shape index (κ1) is 20.3. The van der Waals surface area contributed by atoms with E-state index in [1.807, 2.05) is 30.3 Å². The second-order valence-corrected chi connectivity index (χ2v) is 7.85. The first-order chi connectivity index (χ1) is 13.9. The van der Waals surface area contributed by atoms with E-state index in [0.717, 1.165) is 39.3 Å². The largest absolute Gasteiger partial charge is 0.397 e. The number of nitrogens with zero attached hydrogens (tertiary/aromatic N) is 1. The smallest absolute Gasteiger partial charge is 0.101 e. The molecule has 3 aromatic carbocycles. The molecule has 0 aliphatic carbocycles. The van der Waals surface area contributed by atoms with Gasteiger partial charge in [0.05, 0.1) is 22.6 Å². The average Bonchev–Trinajstić information content (AvgIpc) is 2.69. The van der Waals surface area contributed by atoms with E-state index in [-0.39, 0.29) is 6.04 Å². The number of rotatable bonds is 6. The Morgan fingerprint density at radius 2 is 1.14 bits per heavy atom. The predicted octanol–water partition coefficient (Wildman–Crippen LogP) is 6.12. The van der Waals surface area contributed by atoms with E-state index in [2.05, 4.69) is 74.7 Å². The van der Waals surface area contributed by atoms with Crippen molar-refractivity contribution in [1.29, 1.82) is 5.26 Å². The van der Waals surface area contributed by atoms with Crippen LogP contribution < -0.4 is 16.4 Å². The van der Waals surface area contributed by atoms with Crippen LogP contribution in [0.1, 0.15) is 33.3 Å². The molecule has 0 bridgehead atoms. The highest BCUT2D eigenvalue weighted by atomic mass is 14.9. The maximum Gasteiger partial charge on any atom is 0.101 e. The van der Waals surface area contributed by atoms with Crippen molar-refractivity contribution >= 4 is 17.1 Å². The van der Waals surface area contributed by atoms with Crippen LogP contribution in [0.25, 0.3) is 22.3 Å². The van der Waals surface area contributed by atoms with E-state index in [9.17, 15) is 5.26 Å². The molecule has 0 aliphatic heterocycles. The van der Waals surface area contributed by atoms with E-state index in [1.54, 1.807) is 0 Å². The molecule has 3 rings (SSSR count). The molecule has 3 aromatic rings. The van der Waals surface area contributed by atoms with E-state index in [4.69, 9.17) is 5.73 Å². The van der Waals surface area contributed by atoms with Gasteiger partial charge in [0.2, 0.25) is 0 Å². The third-order valence-electron chi connectivity index (χ3n) is 4.63. The summed E-state index contributed by atoms with van der Waals surface area (Å²) in [6.07, 6.45) is 0. The van der Waals surface area contributed by atoms with Crippen molar-refractivity contribution in [2.75, 3.05) is 16.4 Å². The summed E-state index contributed by atoms with van der Waals surface area (Å²) >= 11 is 0. The molecule has 148 valence electrons. The Hall–Kier alpha value is -3.45. The van der Waals surface area contributed by atoms with E-state index in [1.165, 1.54) is 0 Å². The maximum absolute atomic E-state index is 9.49. The van der Waals surface area contributed by atoms with Crippen molar-refractivity contribution in [3.63, 3.8) is 0 Å². The van der Waals surface area contributed by atoms with Gasteiger partial charge in [-0.1, -0.05) is 36.4 Å². The van der Waals surface area contributed by atoms with Crippen LogP contribution in [-0.2, 0) is 0 Å². The lowest BCUT2D eigenvalue weighted by atomic mass is 9.98. The second kappa shape index (κ2) is 8.70. The summed E-state index contributed by atoms with van der Waals surface area (Å²) < 4.78 is 0. The Balaban J connectivity index is 1.85. The van der Waals surface area contributed by atoms with E-state index < -0.39 is 0 Å². The van der Waals surface area contributed by atoms with Crippen LogP contribution in [0.4, 0.5) is 17.1 Å². The minimum Gasteiger partial charge on any atom is -0.397 e. The molecule has 0 saturated carbocycles. The zero-order chi connectivity index (χ0) is 21.0. The molecule has 0 aliphatic rings. The SMILES string of the molecule is CC(C)Nc1ccc(-c2ccc(-c3ccc(NC(C)C)c(C#N)c3)cc2)cc1N. The van der Waals surface area contributed by atoms with Gasteiger partial charge in [0.25, 0.3) is 0 Å². The van der Waals surface area contributed by atoms with Gasteiger partial charge in [-0.25, -0.2) is 0 Å². The molecule has 0 saturated heterocycles. The van der Waals surface area contributed by atoms with Crippen LogP contribution >= 0.6 is 0 Å². The van der Waals surface area contributed by atoms with Gasteiger partial charge in [0, 0.05) is 12.1 Å². The number of nitrogen functional groups attached to an aromatic ring is 1. The highest BCUT2D eigenvalue weighted by Gasteiger charge is 2.08. The second-order valence-electron chi connectivity index (χ2n) is 7.85. The summed E-state index contributed by atoms with van der Waals surface area (Å²) in [7, 11) is 0. The van der Waals surface area contributed by atoms with Crippen LogP contribution in [-0.4, -0.2) is 12.1 Å². The zero-order valence-electron chi connectivity index (χ0n) is 17.5. The molecular formula is C25H28N4. The molecule has 4 nitrogen and oxygen atoms in total. The van der Waals surface area contributed by atoms with Gasteiger partial charge in [-0.2, -0.15) is 5.26 Å². The topological polar surface area (TPSA) is 73.9 Å². The number of hydrogen-bond acceptors (Lipinski definition) is 4. The van der Waals surface area contributed by atoms with Gasteiger partial charge >= 0.3 is 0 Å². The van der Waals surface area contributed by atoms with E-state index >= 15 is 0 Å². The van der Waals surface area contributed by atoms with Crippen LogP contribution in [0, 0.1) is 11.3 Å². The van der Waals surface area contributed by atoms with Gasteiger partial charge < -0.3 is 16.4 Å². The molecule has 0 radical (unpaired) electrons. The monoisotopic (exact) mass is 384 g/mol. The Bertz CT molecular complexity index is 1030. The fraction of sp³-hybridized carbons (Fsp3) is 0.240. The van der Waals surface area contributed by atoms with Crippen LogP contribution in [0.3, 0.4) is 0 Å². The van der Waals surface area contributed by atoms with Crippen LogP contribution in [0.5, 0.6) is 0 Å². The fourth-order valence-corrected chi connectivity index (χ4v) is 3.29. The first-order valence-electron chi connectivity index (χ1n) is 9.95. The average molecular weight is 385 g/mol. The normalized spacial score (nSPS) is 10.8. The first-order valence-corrected chi connectivity index (χ1v) is 9.95. The summed E-state index contributed by atoms with van der Waals surface area (Å²) in [5.74, 6) is 0. The molecule has 0 atom stereocenters. The maximum atomic E-state index is 9.49. The van der Waals surface area contributed by atoms with Gasteiger partial charge in [-0.15, -0.1) is 0 Å². The van der Waals surface area contributed by atoms with Crippen molar-refractivity contribution in [2.45, 2.75) is 39.8 Å². The lowest BCUT2D eigenvalue weighted by Crippen LogP contribution is -2.11. The highest BCUT2D eigenvalue weighted by molar-refractivity contribution is 5.78. The van der Waals surface area contributed by atoms with Crippen molar-refractivity contribution < 1.29 is 0 Å². The number of nitrogens with one attached hydrogen (secondary N) is 2.